The largest absolute Gasteiger partial charge is 0.469 e. The van der Waals surface area contributed by atoms with Gasteiger partial charge in [0.1, 0.15) is 0 Å². The molecule has 0 saturated carbocycles. The number of hydrogen-bond donors (Lipinski definition) is 1. The van der Waals surface area contributed by atoms with E-state index in [4.69, 9.17) is 9.16 Å². The maximum Gasteiger partial charge on any atom is 0.407 e. The van der Waals surface area contributed by atoms with Crippen molar-refractivity contribution in [3.05, 3.63) is 60.7 Å². The SMILES string of the molecule is COC(=O)C1CCC(CO[Si](c2ccccc2)(c2ccccc2)C(C)(C)C)N(C(=O)O)C1. The summed E-state index contributed by atoms with van der Waals surface area (Å²) in [6.07, 6.45) is 0.116. The number of amides is 1. The summed E-state index contributed by atoms with van der Waals surface area (Å²) in [6.45, 7) is 7.01. The van der Waals surface area contributed by atoms with Gasteiger partial charge in [-0.1, -0.05) is 81.4 Å². The third-order valence-corrected chi connectivity index (χ3v) is 11.4. The highest BCUT2D eigenvalue weighted by molar-refractivity contribution is 6.99. The number of likely N-dealkylation sites (tertiary alicyclic amines) is 1. The highest BCUT2D eigenvalue weighted by Crippen LogP contribution is 2.37. The molecule has 0 bridgehead atoms. The van der Waals surface area contributed by atoms with Crippen molar-refractivity contribution < 1.29 is 23.9 Å². The molecule has 0 spiro atoms. The third kappa shape index (κ3) is 4.73. The van der Waals surface area contributed by atoms with E-state index in [2.05, 4.69) is 45.0 Å². The van der Waals surface area contributed by atoms with Crippen LogP contribution in [-0.2, 0) is 14.0 Å². The van der Waals surface area contributed by atoms with Gasteiger partial charge in [0.05, 0.1) is 25.7 Å². The lowest BCUT2D eigenvalue weighted by atomic mass is 9.93. The molecule has 2 atom stereocenters. The first-order valence-corrected chi connectivity index (χ1v) is 12.9. The third-order valence-electron chi connectivity index (χ3n) is 6.40. The van der Waals surface area contributed by atoms with Crippen molar-refractivity contribution in [3.8, 4) is 0 Å². The molecule has 0 radical (unpaired) electrons. The van der Waals surface area contributed by atoms with Gasteiger partial charge in [-0.15, -0.1) is 0 Å². The Kier molecular flexibility index (Phi) is 7.41. The van der Waals surface area contributed by atoms with Crippen LogP contribution >= 0.6 is 0 Å². The van der Waals surface area contributed by atoms with Crippen LogP contribution in [0.5, 0.6) is 0 Å². The van der Waals surface area contributed by atoms with Gasteiger partial charge in [-0.3, -0.25) is 4.79 Å². The molecule has 1 heterocycles. The Morgan fingerprint density at radius 2 is 1.53 bits per heavy atom. The molecule has 1 fully saturated rings. The quantitative estimate of drug-likeness (QED) is 0.533. The number of esters is 1. The zero-order chi connectivity index (χ0) is 23.4. The number of carbonyl (C=O) groups excluding carboxylic acids is 1. The van der Waals surface area contributed by atoms with Crippen molar-refractivity contribution >= 4 is 30.8 Å². The van der Waals surface area contributed by atoms with Crippen molar-refractivity contribution in [1.82, 2.24) is 4.90 Å². The molecule has 3 rings (SSSR count). The molecular weight excluding hydrogens is 422 g/mol. The fraction of sp³-hybridized carbons (Fsp3) is 0.440. The Morgan fingerprint density at radius 1 is 1.00 bits per heavy atom. The number of hydrogen-bond acceptors (Lipinski definition) is 4. The standard InChI is InChI=1S/C25H33NO5Si/c1-25(2,3)32(21-11-7-5-8-12-21,22-13-9-6-10-14-22)31-18-20-16-15-19(23(27)30-4)17-26(20)24(28)29/h5-14,19-20H,15-18H2,1-4H3,(H,28,29). The first-order chi connectivity index (χ1) is 15.2. The monoisotopic (exact) mass is 455 g/mol. The van der Waals surface area contributed by atoms with E-state index in [9.17, 15) is 14.7 Å². The zero-order valence-corrected chi connectivity index (χ0v) is 20.3. The second kappa shape index (κ2) is 9.88. The van der Waals surface area contributed by atoms with Gasteiger partial charge < -0.3 is 19.2 Å². The molecule has 32 heavy (non-hydrogen) atoms. The number of piperidine rings is 1. The van der Waals surface area contributed by atoms with E-state index in [1.807, 2.05) is 36.4 Å². The highest BCUT2D eigenvalue weighted by atomic mass is 28.4. The Labute approximate surface area is 191 Å². The first kappa shape index (κ1) is 24.0. The number of carbonyl (C=O) groups is 2. The minimum atomic E-state index is -2.75. The van der Waals surface area contributed by atoms with Gasteiger partial charge in [0.15, 0.2) is 0 Å². The minimum Gasteiger partial charge on any atom is -0.469 e. The van der Waals surface area contributed by atoms with E-state index in [-0.39, 0.29) is 30.2 Å². The zero-order valence-electron chi connectivity index (χ0n) is 19.3. The van der Waals surface area contributed by atoms with Crippen molar-refractivity contribution in [2.24, 2.45) is 5.92 Å². The molecule has 7 heteroatoms. The number of carboxylic acid groups (broad SMARTS) is 1. The minimum absolute atomic E-state index is 0.136. The summed E-state index contributed by atoms with van der Waals surface area (Å²) in [6, 6.07) is 20.3. The second-order valence-corrected chi connectivity index (χ2v) is 13.7. The Morgan fingerprint density at radius 3 is 1.97 bits per heavy atom. The topological polar surface area (TPSA) is 76.1 Å². The van der Waals surface area contributed by atoms with Gasteiger partial charge in [0.2, 0.25) is 0 Å². The van der Waals surface area contributed by atoms with E-state index in [0.717, 1.165) is 10.4 Å². The molecule has 0 aliphatic carbocycles. The smallest absolute Gasteiger partial charge is 0.407 e. The lowest BCUT2D eigenvalue weighted by Gasteiger charge is -2.45. The maximum absolute atomic E-state index is 12.0. The van der Waals surface area contributed by atoms with Crippen LogP contribution in [0.2, 0.25) is 5.04 Å². The fourth-order valence-electron chi connectivity index (χ4n) is 4.78. The molecule has 1 aliphatic rings. The van der Waals surface area contributed by atoms with Crippen molar-refractivity contribution in [3.63, 3.8) is 0 Å². The summed E-state index contributed by atoms with van der Waals surface area (Å²) in [5.41, 5.74) is 0. The van der Waals surface area contributed by atoms with Crippen LogP contribution in [0.1, 0.15) is 33.6 Å². The molecule has 2 unspecified atom stereocenters. The molecule has 1 aliphatic heterocycles. The van der Waals surface area contributed by atoms with Crippen LogP contribution in [-0.4, -0.2) is 56.7 Å². The average Bonchev–Trinajstić information content (AvgIpc) is 2.79. The molecule has 6 nitrogen and oxygen atoms in total. The van der Waals surface area contributed by atoms with Crippen LogP contribution in [0.3, 0.4) is 0 Å². The Bertz CT molecular complexity index is 873. The maximum atomic E-state index is 12.0. The molecule has 2 aromatic carbocycles. The van der Waals surface area contributed by atoms with E-state index in [1.54, 1.807) is 0 Å². The van der Waals surface area contributed by atoms with E-state index in [0.29, 0.717) is 12.8 Å². The lowest BCUT2D eigenvalue weighted by Crippen LogP contribution is -2.67. The Balaban J connectivity index is 1.96. The van der Waals surface area contributed by atoms with Gasteiger partial charge in [-0.2, -0.15) is 0 Å². The summed E-state index contributed by atoms with van der Waals surface area (Å²) in [4.78, 5) is 25.4. The van der Waals surface area contributed by atoms with Gasteiger partial charge >= 0.3 is 12.1 Å². The predicted octanol–water partition coefficient (Wildman–Crippen LogP) is 3.49. The van der Waals surface area contributed by atoms with E-state index in [1.165, 1.54) is 12.0 Å². The summed E-state index contributed by atoms with van der Waals surface area (Å²) in [5, 5.41) is 12.0. The second-order valence-electron chi connectivity index (χ2n) is 9.36. The van der Waals surface area contributed by atoms with Crippen molar-refractivity contribution in [2.45, 2.75) is 44.7 Å². The molecule has 1 amide bonds. The number of methoxy groups -OCH3 is 1. The van der Waals surface area contributed by atoms with Crippen LogP contribution in [0.15, 0.2) is 60.7 Å². The summed E-state index contributed by atoms with van der Waals surface area (Å²) < 4.78 is 11.8. The fourth-order valence-corrected chi connectivity index (χ4v) is 9.37. The van der Waals surface area contributed by atoms with Gasteiger partial charge in [-0.25, -0.2) is 4.79 Å². The normalized spacial score (nSPS) is 19.4. The molecular formula is C25H33NO5Si. The number of ether oxygens (including phenoxy) is 1. The van der Waals surface area contributed by atoms with Gasteiger partial charge in [0.25, 0.3) is 8.32 Å². The van der Waals surface area contributed by atoms with Gasteiger partial charge in [-0.05, 0) is 28.3 Å². The number of rotatable bonds is 6. The van der Waals surface area contributed by atoms with Crippen LogP contribution in [0.4, 0.5) is 4.79 Å². The first-order valence-electron chi connectivity index (χ1n) is 11.0. The van der Waals surface area contributed by atoms with Crippen LogP contribution in [0.25, 0.3) is 0 Å². The van der Waals surface area contributed by atoms with Crippen molar-refractivity contribution in [1.29, 1.82) is 0 Å². The van der Waals surface area contributed by atoms with Crippen LogP contribution in [0, 0.1) is 5.92 Å². The predicted molar refractivity (Wildman–Crippen MR) is 127 cm³/mol. The summed E-state index contributed by atoms with van der Waals surface area (Å²) >= 11 is 0. The summed E-state index contributed by atoms with van der Waals surface area (Å²) in [7, 11) is -1.42. The Hall–Kier alpha value is -2.64. The molecule has 1 N–H and O–H groups in total. The lowest BCUT2D eigenvalue weighted by molar-refractivity contribution is -0.147. The van der Waals surface area contributed by atoms with E-state index >= 15 is 0 Å². The highest BCUT2D eigenvalue weighted by Gasteiger charge is 2.51. The number of benzene rings is 2. The van der Waals surface area contributed by atoms with Crippen LogP contribution < -0.4 is 10.4 Å². The average molecular weight is 456 g/mol. The van der Waals surface area contributed by atoms with E-state index < -0.39 is 20.3 Å². The summed E-state index contributed by atoms with van der Waals surface area (Å²) in [5.74, 6) is -0.789. The number of nitrogens with zero attached hydrogens (tertiary/aromatic N) is 1. The van der Waals surface area contributed by atoms with Crippen molar-refractivity contribution in [2.75, 3.05) is 20.3 Å². The molecule has 0 aromatic heterocycles. The molecule has 2 aromatic rings. The molecule has 172 valence electrons. The van der Waals surface area contributed by atoms with Gasteiger partial charge in [0, 0.05) is 6.54 Å². The molecule has 1 saturated heterocycles.